The number of unbranched alkanes of at least 4 members (excludes halogenated alkanes) is 40. The lowest BCUT2D eigenvalue weighted by Gasteiger charge is -2.50. The Hall–Kier alpha value is -2.53. The summed E-state index contributed by atoms with van der Waals surface area (Å²) < 4.78 is 34.9. The molecule has 0 aromatic carbocycles. The fourth-order valence-electron chi connectivity index (χ4n) is 13.6. The summed E-state index contributed by atoms with van der Waals surface area (Å²) in [5.41, 5.74) is 0. The largest absolute Gasteiger partial charge is 0.477 e. The lowest BCUT2D eigenvalue weighted by atomic mass is 9.88. The Kier molecular flexibility index (Phi) is 49.5. The van der Waals surface area contributed by atoms with E-state index in [4.69, 9.17) is 28.4 Å². The number of carbonyl (C=O) groups excluding carboxylic acids is 2. The molecule has 3 aliphatic heterocycles. The normalized spacial score (nSPS) is 27.4. The molecule has 3 heterocycles. The van der Waals surface area contributed by atoms with Gasteiger partial charge in [0.1, 0.15) is 67.1 Å². The first-order valence-corrected chi connectivity index (χ1v) is 38.6. The van der Waals surface area contributed by atoms with E-state index in [9.17, 15) is 75.7 Å². The van der Waals surface area contributed by atoms with Crippen molar-refractivity contribution in [3.63, 3.8) is 0 Å². The number of carboxylic acid groups (broad SMARTS) is 1. The van der Waals surface area contributed by atoms with Gasteiger partial charge in [0.15, 0.2) is 12.6 Å². The van der Waals surface area contributed by atoms with Crippen LogP contribution in [-0.4, -0.2) is 215 Å². The molecule has 0 radical (unpaired) electrons. The zero-order valence-corrected chi connectivity index (χ0v) is 60.0. The number of carbonyl (C=O) groups is 3. The van der Waals surface area contributed by atoms with Crippen molar-refractivity contribution in [2.75, 3.05) is 26.4 Å². The Morgan fingerprint density at radius 3 is 1.37 bits per heavy atom. The van der Waals surface area contributed by atoms with Crippen molar-refractivity contribution in [1.82, 2.24) is 10.6 Å². The van der Waals surface area contributed by atoms with E-state index in [1.165, 1.54) is 212 Å². The third-order valence-electron chi connectivity index (χ3n) is 19.7. The van der Waals surface area contributed by atoms with Crippen LogP contribution in [0.4, 0.5) is 0 Å². The van der Waals surface area contributed by atoms with E-state index < -0.39 is 155 Å². The molecule has 0 saturated carbocycles. The summed E-state index contributed by atoms with van der Waals surface area (Å²) in [5, 5.41) is 136. The Balaban J connectivity index is 1.52. The number of aliphatic hydroxyl groups excluding tert-OH is 11. The smallest absolute Gasteiger partial charge is 0.364 e. The number of rotatable bonds is 60. The quantitative estimate of drug-likeness (QED) is 0.0199. The van der Waals surface area contributed by atoms with Crippen molar-refractivity contribution in [2.24, 2.45) is 0 Å². The number of hydrogen-bond donors (Lipinski definition) is 14. The van der Waals surface area contributed by atoms with Crippen molar-refractivity contribution in [1.29, 1.82) is 0 Å². The van der Waals surface area contributed by atoms with Gasteiger partial charge in [-0.15, -0.1) is 0 Å². The van der Waals surface area contributed by atoms with E-state index in [1.807, 2.05) is 6.08 Å². The van der Waals surface area contributed by atoms with Gasteiger partial charge >= 0.3 is 5.97 Å². The number of carboxylic acids is 1. The van der Waals surface area contributed by atoms with Crippen molar-refractivity contribution in [3.8, 4) is 0 Å². The second kappa shape index (κ2) is 54.2. The second-order valence-corrected chi connectivity index (χ2v) is 28.2. The highest BCUT2D eigenvalue weighted by Crippen LogP contribution is 2.39. The Labute approximate surface area is 581 Å². The molecule has 18 atom stereocenters. The molecule has 0 aliphatic carbocycles. The SMILES string of the molecule is CCCCCCCCCCCCCCCC/C=C/C(O)C(COC1OC(CO)C(OC2OC(CO)C(O)C(OC3(C(=O)O)CC(O)C(NC(C)=O)C(C(O)C(O)CO)O3)C2O)C(O)C1O)NC(=O)CCCCCCCCCCCCCCCCCCCCCCCCCCCCC. The molecule has 18 unspecified atom stereocenters. The van der Waals surface area contributed by atoms with Gasteiger partial charge in [-0.3, -0.25) is 9.59 Å². The molecule has 3 rings (SSSR count). The monoisotopic (exact) mass is 1390 g/mol. The van der Waals surface area contributed by atoms with Gasteiger partial charge in [0.05, 0.1) is 50.7 Å². The number of allylic oxidation sites excluding steroid dienone is 1. The molecule has 3 fully saturated rings. The molecule has 3 saturated heterocycles. The molecule has 0 aromatic heterocycles. The summed E-state index contributed by atoms with van der Waals surface area (Å²) in [6.45, 7) is 2.18. The lowest BCUT2D eigenvalue weighted by molar-refractivity contribution is -0.386. The topological polar surface area (TPSA) is 373 Å². The van der Waals surface area contributed by atoms with Gasteiger partial charge in [0, 0.05) is 19.8 Å². The van der Waals surface area contributed by atoms with E-state index >= 15 is 0 Å². The molecule has 3 aliphatic rings. The van der Waals surface area contributed by atoms with Crippen LogP contribution in [-0.2, 0) is 42.8 Å². The van der Waals surface area contributed by atoms with E-state index in [-0.39, 0.29) is 12.3 Å². The fraction of sp³-hybridized carbons (Fsp3) is 0.932. The third-order valence-corrected chi connectivity index (χ3v) is 19.7. The van der Waals surface area contributed by atoms with Gasteiger partial charge in [-0.2, -0.15) is 0 Å². The minimum absolute atomic E-state index is 0.206. The maximum absolute atomic E-state index is 13.5. The average Bonchev–Trinajstić information content (AvgIpc) is 0.760. The van der Waals surface area contributed by atoms with Gasteiger partial charge in [0.25, 0.3) is 5.79 Å². The van der Waals surface area contributed by atoms with Crippen molar-refractivity contribution < 1.29 is 104 Å². The number of aliphatic carboxylic acids is 1. The van der Waals surface area contributed by atoms with Crippen molar-refractivity contribution in [3.05, 3.63) is 12.2 Å². The average molecular weight is 1390 g/mol. The van der Waals surface area contributed by atoms with E-state index in [0.29, 0.717) is 12.8 Å². The predicted octanol–water partition coefficient (Wildman–Crippen LogP) is 9.02. The summed E-state index contributed by atoms with van der Waals surface area (Å²) in [5.74, 6) is -6.13. The molecule has 0 spiro atoms. The Morgan fingerprint density at radius 2 is 0.959 bits per heavy atom. The summed E-state index contributed by atoms with van der Waals surface area (Å²) in [4.78, 5) is 38.6. The standard InChI is InChI=1S/C74H138N2O21/c1-4-6-8-10-12-14-16-18-20-22-23-24-25-26-27-28-29-30-31-32-34-36-38-40-42-44-46-48-61(84)76-55(56(81)47-45-43-41-39-37-35-33-21-19-17-15-13-11-9-7-5-2)53-92-71-66(88)65(87)68(60(52-79)94-71)95-72-67(89)70(64(86)59(51-78)93-72)97-74(73(90)91)49-57(82)62(75-54(3)80)69(96-74)63(85)58(83)50-77/h45,47,55-60,62-72,77-79,81-83,85-89H,4-44,46,48-53H2,1-3H3,(H,75,80)(H,76,84)(H,90,91)/b47-45+. The summed E-state index contributed by atoms with van der Waals surface area (Å²) in [6, 6.07) is -2.61. The zero-order chi connectivity index (χ0) is 71.1. The lowest BCUT2D eigenvalue weighted by Crippen LogP contribution is -2.70. The first-order valence-electron chi connectivity index (χ1n) is 38.6. The highest BCUT2D eigenvalue weighted by Gasteiger charge is 2.60. The van der Waals surface area contributed by atoms with Crippen LogP contribution in [0.5, 0.6) is 0 Å². The molecular weight excluding hydrogens is 1250 g/mol. The van der Waals surface area contributed by atoms with Crippen LogP contribution in [0, 0.1) is 0 Å². The zero-order valence-electron chi connectivity index (χ0n) is 60.0. The maximum Gasteiger partial charge on any atom is 0.364 e. The molecule has 14 N–H and O–H groups in total. The van der Waals surface area contributed by atoms with E-state index in [0.717, 1.165) is 51.9 Å². The minimum Gasteiger partial charge on any atom is -0.477 e. The minimum atomic E-state index is -3.08. The fourth-order valence-corrected chi connectivity index (χ4v) is 13.6. The van der Waals surface area contributed by atoms with E-state index in [1.54, 1.807) is 6.08 Å². The molecular formula is C74H138N2O21. The first kappa shape index (κ1) is 88.7. The van der Waals surface area contributed by atoms with E-state index in [2.05, 4.69) is 24.5 Å². The van der Waals surface area contributed by atoms with Crippen molar-refractivity contribution in [2.45, 2.75) is 413 Å². The maximum atomic E-state index is 13.5. The van der Waals surface area contributed by atoms with Crippen LogP contribution in [0.2, 0.25) is 0 Å². The molecule has 0 aromatic rings. The number of aliphatic hydroxyl groups is 11. The Morgan fingerprint density at radius 1 is 0.536 bits per heavy atom. The molecule has 0 bridgehead atoms. The number of amides is 2. The predicted molar refractivity (Wildman–Crippen MR) is 371 cm³/mol. The summed E-state index contributed by atoms with van der Waals surface area (Å²) in [6.07, 6.45) is 26.8. The van der Waals surface area contributed by atoms with Crippen LogP contribution in [0.3, 0.4) is 0 Å². The number of ether oxygens (including phenoxy) is 6. The van der Waals surface area contributed by atoms with Gasteiger partial charge in [-0.25, -0.2) is 4.79 Å². The molecule has 97 heavy (non-hydrogen) atoms. The van der Waals surface area contributed by atoms with Gasteiger partial charge in [-0.05, 0) is 19.3 Å². The second-order valence-electron chi connectivity index (χ2n) is 28.2. The summed E-state index contributed by atoms with van der Waals surface area (Å²) in [7, 11) is 0. The summed E-state index contributed by atoms with van der Waals surface area (Å²) >= 11 is 0. The molecule has 2 amide bonds. The highest BCUT2D eigenvalue weighted by molar-refractivity contribution is 5.77. The molecule has 23 nitrogen and oxygen atoms in total. The van der Waals surface area contributed by atoms with Crippen LogP contribution in [0.1, 0.15) is 303 Å². The van der Waals surface area contributed by atoms with Crippen molar-refractivity contribution >= 4 is 17.8 Å². The highest BCUT2D eigenvalue weighted by atomic mass is 16.8. The third kappa shape index (κ3) is 35.5. The van der Waals surface area contributed by atoms with Crippen LogP contribution in [0.15, 0.2) is 12.2 Å². The van der Waals surface area contributed by atoms with Crippen LogP contribution in [0.25, 0.3) is 0 Å². The van der Waals surface area contributed by atoms with Gasteiger partial charge < -0.3 is 100 Å². The van der Waals surface area contributed by atoms with Gasteiger partial charge in [0.2, 0.25) is 11.8 Å². The first-order chi connectivity index (χ1) is 46.9. The number of hydrogen-bond acceptors (Lipinski definition) is 20. The number of nitrogens with one attached hydrogen (secondary N) is 2. The van der Waals surface area contributed by atoms with Gasteiger partial charge in [-0.1, -0.05) is 276 Å². The molecule has 570 valence electrons. The molecule has 23 heteroatoms. The van der Waals surface area contributed by atoms with Crippen LogP contribution >= 0.6 is 0 Å². The van der Waals surface area contributed by atoms with Crippen LogP contribution < -0.4 is 10.6 Å². The Bertz CT molecular complexity index is 2000.